The van der Waals surface area contributed by atoms with E-state index in [9.17, 15) is 14.9 Å². The summed E-state index contributed by atoms with van der Waals surface area (Å²) in [5, 5.41) is 17.7. The molecule has 0 spiro atoms. The van der Waals surface area contributed by atoms with E-state index in [1.54, 1.807) is 30.3 Å². The number of fused-ring (bicyclic) bond motifs is 2. The quantitative estimate of drug-likeness (QED) is 0.143. The molecule has 0 aliphatic heterocycles. The minimum Gasteiger partial charge on any atom is -0.494 e. The molecule has 1 amide bonds. The fourth-order valence-corrected chi connectivity index (χ4v) is 4.01. The molecule has 0 aliphatic carbocycles. The van der Waals surface area contributed by atoms with Crippen molar-refractivity contribution in [2.24, 2.45) is 5.10 Å². The van der Waals surface area contributed by atoms with Crippen molar-refractivity contribution in [3.8, 4) is 11.5 Å². The lowest BCUT2D eigenvalue weighted by Crippen LogP contribution is -2.16. The van der Waals surface area contributed by atoms with Crippen LogP contribution in [0.4, 0.5) is 5.69 Å². The molecule has 0 aliphatic rings. The van der Waals surface area contributed by atoms with Gasteiger partial charge in [0.2, 0.25) is 0 Å². The summed E-state index contributed by atoms with van der Waals surface area (Å²) in [5.41, 5.74) is 4.55. The number of amides is 1. The molecule has 1 heterocycles. The lowest BCUT2D eigenvalue weighted by atomic mass is 10.0. The molecule has 0 fully saturated rings. The van der Waals surface area contributed by atoms with Gasteiger partial charge in [0.1, 0.15) is 23.7 Å². The molecule has 1 aromatic heterocycles. The number of carbonyl (C=O) groups is 1. The predicted molar refractivity (Wildman–Crippen MR) is 144 cm³/mol. The first-order valence-corrected chi connectivity index (χ1v) is 11.9. The minimum absolute atomic E-state index is 0.0159. The molecule has 5 aromatic rings. The summed E-state index contributed by atoms with van der Waals surface area (Å²) in [6.45, 7) is 2.64. The van der Waals surface area contributed by atoms with Crippen LogP contribution in [0.25, 0.3) is 21.7 Å². The standard InChI is InChI=1S/C29H23N3O6/c1-2-36-23-12-14-26-21(15-23)16-28(38-26)29(33)31-30-17-25-24-6-4-3-5-20(24)9-13-27(25)37-18-19-7-10-22(11-8-19)32(34)35/h3-17H,2,18H2,1H3,(H,31,33)/b30-17+. The number of rotatable bonds is 9. The first-order valence-electron chi connectivity index (χ1n) is 11.9. The van der Waals surface area contributed by atoms with Crippen LogP contribution < -0.4 is 14.9 Å². The number of nitrogens with zero attached hydrogens (tertiary/aromatic N) is 2. The third-order valence-electron chi connectivity index (χ3n) is 5.85. The second-order valence-corrected chi connectivity index (χ2v) is 8.35. The van der Waals surface area contributed by atoms with Gasteiger partial charge in [-0.25, -0.2) is 5.43 Å². The first kappa shape index (κ1) is 24.5. The number of furan rings is 1. The number of hydrogen-bond donors (Lipinski definition) is 1. The molecule has 0 saturated heterocycles. The van der Waals surface area contributed by atoms with Gasteiger partial charge in [-0.15, -0.1) is 0 Å². The van der Waals surface area contributed by atoms with E-state index in [4.69, 9.17) is 13.9 Å². The summed E-state index contributed by atoms with van der Waals surface area (Å²) < 4.78 is 17.2. The Balaban J connectivity index is 1.35. The van der Waals surface area contributed by atoms with Gasteiger partial charge in [0.05, 0.1) is 17.7 Å². The zero-order valence-electron chi connectivity index (χ0n) is 20.4. The number of benzene rings is 4. The van der Waals surface area contributed by atoms with E-state index in [-0.39, 0.29) is 18.1 Å². The summed E-state index contributed by atoms with van der Waals surface area (Å²) in [7, 11) is 0. The average Bonchev–Trinajstić information content (AvgIpc) is 3.36. The van der Waals surface area contributed by atoms with Crippen LogP contribution in [0, 0.1) is 10.1 Å². The van der Waals surface area contributed by atoms with Crippen molar-refractivity contribution in [2.75, 3.05) is 6.61 Å². The minimum atomic E-state index is -0.496. The molecule has 4 aromatic carbocycles. The van der Waals surface area contributed by atoms with Crippen molar-refractivity contribution in [1.82, 2.24) is 5.43 Å². The highest BCUT2D eigenvalue weighted by atomic mass is 16.6. The third kappa shape index (κ3) is 5.31. The normalized spacial score (nSPS) is 11.2. The van der Waals surface area contributed by atoms with Gasteiger partial charge in [0.25, 0.3) is 5.69 Å². The predicted octanol–water partition coefficient (Wildman–Crippen LogP) is 6.24. The number of hydrogen-bond acceptors (Lipinski definition) is 7. The Kier molecular flexibility index (Phi) is 6.99. The maximum absolute atomic E-state index is 12.7. The summed E-state index contributed by atoms with van der Waals surface area (Å²) >= 11 is 0. The van der Waals surface area contributed by atoms with Crippen molar-refractivity contribution in [2.45, 2.75) is 13.5 Å². The van der Waals surface area contributed by atoms with Crippen LogP contribution in [0.3, 0.4) is 0 Å². The third-order valence-corrected chi connectivity index (χ3v) is 5.85. The van der Waals surface area contributed by atoms with E-state index in [1.165, 1.54) is 18.3 Å². The van der Waals surface area contributed by atoms with Gasteiger partial charge >= 0.3 is 5.91 Å². The number of nitrogens with one attached hydrogen (secondary N) is 1. The molecule has 0 bridgehead atoms. The van der Waals surface area contributed by atoms with Crippen LogP contribution in [-0.2, 0) is 6.61 Å². The molecule has 190 valence electrons. The fraction of sp³-hybridized carbons (Fsp3) is 0.103. The van der Waals surface area contributed by atoms with Crippen LogP contribution in [0.1, 0.15) is 28.6 Å². The average molecular weight is 510 g/mol. The van der Waals surface area contributed by atoms with Gasteiger partial charge in [0.15, 0.2) is 5.76 Å². The van der Waals surface area contributed by atoms with Gasteiger partial charge < -0.3 is 13.9 Å². The Hall–Kier alpha value is -5.18. The number of carbonyl (C=O) groups excluding carboxylic acids is 1. The molecular weight excluding hydrogens is 486 g/mol. The van der Waals surface area contributed by atoms with E-state index in [0.717, 1.165) is 21.7 Å². The van der Waals surface area contributed by atoms with Crippen LogP contribution in [0.15, 0.2) is 94.4 Å². The zero-order chi connectivity index (χ0) is 26.5. The van der Waals surface area contributed by atoms with Gasteiger partial charge in [-0.2, -0.15) is 5.10 Å². The lowest BCUT2D eigenvalue weighted by Gasteiger charge is -2.12. The first-order chi connectivity index (χ1) is 18.5. The van der Waals surface area contributed by atoms with Crippen LogP contribution in [0.2, 0.25) is 0 Å². The zero-order valence-corrected chi connectivity index (χ0v) is 20.4. The Morgan fingerprint density at radius 2 is 1.82 bits per heavy atom. The molecule has 38 heavy (non-hydrogen) atoms. The molecule has 9 heteroatoms. The summed E-state index contributed by atoms with van der Waals surface area (Å²) in [4.78, 5) is 23.2. The smallest absolute Gasteiger partial charge is 0.307 e. The number of nitro groups is 1. The molecule has 9 nitrogen and oxygen atoms in total. The number of hydrazone groups is 1. The summed E-state index contributed by atoms with van der Waals surface area (Å²) in [5.74, 6) is 0.873. The SMILES string of the molecule is CCOc1ccc2oc(C(=O)N/N=C/c3c(OCc4ccc([N+](=O)[O-])cc4)ccc4ccccc34)cc2c1. The van der Waals surface area contributed by atoms with Crippen molar-refractivity contribution < 1.29 is 23.6 Å². The Labute approximate surface area is 217 Å². The number of non-ortho nitro benzene ring substituents is 1. The topological polar surface area (TPSA) is 116 Å². The Morgan fingerprint density at radius 1 is 1.00 bits per heavy atom. The lowest BCUT2D eigenvalue weighted by molar-refractivity contribution is -0.384. The molecule has 5 rings (SSSR count). The van der Waals surface area contributed by atoms with E-state index in [2.05, 4.69) is 10.5 Å². The number of nitro benzene ring substituents is 1. The Morgan fingerprint density at radius 3 is 2.61 bits per heavy atom. The van der Waals surface area contributed by atoms with Gasteiger partial charge in [-0.3, -0.25) is 14.9 Å². The van der Waals surface area contributed by atoms with Crippen molar-refractivity contribution in [3.63, 3.8) is 0 Å². The van der Waals surface area contributed by atoms with Gasteiger partial charge in [0, 0.05) is 23.1 Å². The molecule has 0 unspecified atom stereocenters. The van der Waals surface area contributed by atoms with E-state index < -0.39 is 10.8 Å². The molecule has 1 N–H and O–H groups in total. The molecule has 0 radical (unpaired) electrons. The highest BCUT2D eigenvalue weighted by Gasteiger charge is 2.13. The van der Waals surface area contributed by atoms with Gasteiger partial charge in [-0.1, -0.05) is 30.3 Å². The second-order valence-electron chi connectivity index (χ2n) is 8.35. The van der Waals surface area contributed by atoms with Crippen molar-refractivity contribution in [3.05, 3.63) is 112 Å². The van der Waals surface area contributed by atoms with Crippen molar-refractivity contribution >= 4 is 39.6 Å². The highest BCUT2D eigenvalue weighted by Crippen LogP contribution is 2.28. The largest absolute Gasteiger partial charge is 0.494 e. The van der Waals surface area contributed by atoms with Crippen LogP contribution >= 0.6 is 0 Å². The van der Waals surface area contributed by atoms with Crippen LogP contribution in [-0.4, -0.2) is 23.7 Å². The maximum atomic E-state index is 12.7. The van der Waals surface area contributed by atoms with Crippen molar-refractivity contribution in [1.29, 1.82) is 0 Å². The second kappa shape index (κ2) is 10.8. The highest BCUT2D eigenvalue weighted by molar-refractivity contribution is 6.03. The summed E-state index contributed by atoms with van der Waals surface area (Å²) in [6, 6.07) is 24.7. The molecule has 0 atom stereocenters. The fourth-order valence-electron chi connectivity index (χ4n) is 4.01. The molecular formula is C29H23N3O6. The Bertz CT molecular complexity index is 1660. The monoisotopic (exact) mass is 509 g/mol. The van der Waals surface area contributed by atoms with E-state index in [1.807, 2.05) is 49.4 Å². The van der Waals surface area contributed by atoms with E-state index in [0.29, 0.717) is 29.3 Å². The number of ether oxygens (including phenoxy) is 2. The van der Waals surface area contributed by atoms with Gasteiger partial charge in [-0.05, 0) is 65.7 Å². The summed E-state index contributed by atoms with van der Waals surface area (Å²) in [6.07, 6.45) is 1.53. The van der Waals surface area contributed by atoms with E-state index >= 15 is 0 Å². The molecule has 0 saturated carbocycles. The van der Waals surface area contributed by atoms with Crippen LogP contribution in [0.5, 0.6) is 11.5 Å². The maximum Gasteiger partial charge on any atom is 0.307 e.